The van der Waals surface area contributed by atoms with E-state index in [0.29, 0.717) is 17.8 Å². The van der Waals surface area contributed by atoms with Crippen LogP contribution in [0.4, 0.5) is 0 Å². The van der Waals surface area contributed by atoms with Crippen molar-refractivity contribution >= 4 is 22.8 Å². The maximum absolute atomic E-state index is 12.6. The molecule has 4 rings (SSSR count). The zero-order valence-corrected chi connectivity index (χ0v) is 12.6. The van der Waals surface area contributed by atoms with Gasteiger partial charge in [-0.3, -0.25) is 4.79 Å². The number of benzene rings is 2. The second-order valence-electron chi connectivity index (χ2n) is 5.48. The Morgan fingerprint density at radius 1 is 1.00 bits per heavy atom. The minimum Gasteiger partial charge on any atom is -0.477 e. The molecular formula is C18H13N3O3. The largest absolute Gasteiger partial charge is 0.477 e. The number of carboxylic acids is 1. The van der Waals surface area contributed by atoms with Gasteiger partial charge in [-0.2, -0.15) is 0 Å². The van der Waals surface area contributed by atoms with Crippen molar-refractivity contribution in [3.05, 3.63) is 82.3 Å². The summed E-state index contributed by atoms with van der Waals surface area (Å²) in [4.78, 5) is 28.1. The fourth-order valence-corrected chi connectivity index (χ4v) is 2.91. The first-order valence-electron chi connectivity index (χ1n) is 7.43. The molecule has 6 nitrogen and oxygen atoms in total. The third kappa shape index (κ3) is 2.08. The molecule has 0 aliphatic rings. The number of para-hydroxylation sites is 2. The van der Waals surface area contributed by atoms with E-state index in [0.717, 1.165) is 17.3 Å². The lowest BCUT2D eigenvalue weighted by molar-refractivity contribution is 0.0694. The third-order valence-corrected chi connectivity index (χ3v) is 4.01. The van der Waals surface area contributed by atoms with Gasteiger partial charge in [0, 0.05) is 0 Å². The number of hydrogen-bond donors (Lipinski definition) is 1. The van der Waals surface area contributed by atoms with Crippen LogP contribution >= 0.6 is 0 Å². The first kappa shape index (κ1) is 14.2. The van der Waals surface area contributed by atoms with Gasteiger partial charge in [-0.25, -0.2) is 14.2 Å². The molecule has 2 heterocycles. The Balaban J connectivity index is 2.07. The lowest BCUT2D eigenvalue weighted by Gasteiger charge is -2.06. The van der Waals surface area contributed by atoms with Crippen molar-refractivity contribution in [1.29, 1.82) is 0 Å². The Labute approximate surface area is 136 Å². The standard InChI is InChI=1S/C18H13N3O3/c22-16-13(17(23)24)10-19-18-20(11-12-6-2-1-3-7-12)14-8-4-5-9-15(14)21(16)18/h1-10H,11H2,(H,23,24). The molecule has 0 radical (unpaired) electrons. The number of carbonyl (C=O) groups is 1. The summed E-state index contributed by atoms with van der Waals surface area (Å²) >= 11 is 0. The van der Waals surface area contributed by atoms with Crippen LogP contribution < -0.4 is 5.56 Å². The molecule has 4 aromatic rings. The fraction of sp³-hybridized carbons (Fsp3) is 0.0556. The van der Waals surface area contributed by atoms with Crippen molar-refractivity contribution in [3.8, 4) is 0 Å². The van der Waals surface area contributed by atoms with Gasteiger partial charge in [-0.05, 0) is 17.7 Å². The van der Waals surface area contributed by atoms with E-state index in [9.17, 15) is 14.7 Å². The van der Waals surface area contributed by atoms with Crippen LogP contribution in [-0.4, -0.2) is 25.0 Å². The lowest BCUT2D eigenvalue weighted by Crippen LogP contribution is -2.22. The average Bonchev–Trinajstić information content (AvgIpc) is 2.91. The predicted octanol–water partition coefficient (Wildman–Crippen LogP) is 2.40. The van der Waals surface area contributed by atoms with Crippen LogP contribution in [0.3, 0.4) is 0 Å². The summed E-state index contributed by atoms with van der Waals surface area (Å²) in [6.45, 7) is 0.538. The number of aromatic carboxylic acids is 1. The molecule has 0 aliphatic heterocycles. The summed E-state index contributed by atoms with van der Waals surface area (Å²) in [5.41, 5.74) is 1.63. The van der Waals surface area contributed by atoms with Gasteiger partial charge in [-0.1, -0.05) is 42.5 Å². The van der Waals surface area contributed by atoms with E-state index in [-0.39, 0.29) is 5.56 Å². The molecule has 0 aliphatic carbocycles. The summed E-state index contributed by atoms with van der Waals surface area (Å²) in [5.74, 6) is -0.850. The van der Waals surface area contributed by atoms with Crippen molar-refractivity contribution in [3.63, 3.8) is 0 Å². The van der Waals surface area contributed by atoms with Crippen molar-refractivity contribution in [1.82, 2.24) is 14.0 Å². The first-order valence-corrected chi connectivity index (χ1v) is 7.43. The van der Waals surface area contributed by atoms with Crippen LogP contribution in [0.2, 0.25) is 0 Å². The zero-order valence-electron chi connectivity index (χ0n) is 12.6. The summed E-state index contributed by atoms with van der Waals surface area (Å²) < 4.78 is 3.28. The summed E-state index contributed by atoms with van der Waals surface area (Å²) in [5, 5.41) is 9.18. The highest BCUT2D eigenvalue weighted by molar-refractivity contribution is 5.88. The van der Waals surface area contributed by atoms with Gasteiger partial charge in [0.2, 0.25) is 5.78 Å². The summed E-state index contributed by atoms with van der Waals surface area (Å²) in [7, 11) is 0. The average molecular weight is 319 g/mol. The normalized spacial score (nSPS) is 11.2. The van der Waals surface area contributed by atoms with Gasteiger partial charge >= 0.3 is 5.97 Å². The quantitative estimate of drug-likeness (QED) is 0.629. The Kier molecular flexibility index (Phi) is 3.16. The Morgan fingerprint density at radius 2 is 1.67 bits per heavy atom. The van der Waals surface area contributed by atoms with Crippen LogP contribution in [-0.2, 0) is 6.54 Å². The molecule has 0 unspecified atom stereocenters. The lowest BCUT2D eigenvalue weighted by atomic mass is 10.2. The second kappa shape index (κ2) is 5.34. The zero-order chi connectivity index (χ0) is 16.7. The topological polar surface area (TPSA) is 76.6 Å². The molecule has 2 aromatic heterocycles. The number of fused-ring (bicyclic) bond motifs is 3. The molecule has 0 spiro atoms. The van der Waals surface area contributed by atoms with Gasteiger partial charge in [0.15, 0.2) is 0 Å². The van der Waals surface area contributed by atoms with Crippen LogP contribution in [0.25, 0.3) is 16.8 Å². The predicted molar refractivity (Wildman–Crippen MR) is 89.5 cm³/mol. The van der Waals surface area contributed by atoms with E-state index < -0.39 is 11.5 Å². The van der Waals surface area contributed by atoms with E-state index in [1.54, 1.807) is 6.07 Å². The van der Waals surface area contributed by atoms with Gasteiger partial charge < -0.3 is 9.67 Å². The van der Waals surface area contributed by atoms with E-state index in [2.05, 4.69) is 4.98 Å². The minimum atomic E-state index is -1.28. The Bertz CT molecular complexity index is 1130. The fourth-order valence-electron chi connectivity index (χ4n) is 2.91. The van der Waals surface area contributed by atoms with Crippen molar-refractivity contribution in [2.75, 3.05) is 0 Å². The molecular weight excluding hydrogens is 306 g/mol. The monoisotopic (exact) mass is 319 g/mol. The summed E-state index contributed by atoms with van der Waals surface area (Å²) in [6, 6.07) is 17.2. The maximum atomic E-state index is 12.6. The Morgan fingerprint density at radius 3 is 2.38 bits per heavy atom. The number of imidazole rings is 1. The second-order valence-corrected chi connectivity index (χ2v) is 5.48. The highest BCUT2D eigenvalue weighted by Crippen LogP contribution is 2.20. The van der Waals surface area contributed by atoms with E-state index in [4.69, 9.17) is 0 Å². The van der Waals surface area contributed by atoms with Crippen LogP contribution in [0.5, 0.6) is 0 Å². The molecule has 0 fully saturated rings. The molecule has 0 saturated heterocycles. The van der Waals surface area contributed by atoms with Crippen molar-refractivity contribution in [2.45, 2.75) is 6.54 Å². The van der Waals surface area contributed by atoms with Gasteiger partial charge in [-0.15, -0.1) is 0 Å². The number of aromatic nitrogens is 3. The van der Waals surface area contributed by atoms with Crippen molar-refractivity contribution in [2.24, 2.45) is 0 Å². The number of hydrogen-bond acceptors (Lipinski definition) is 3. The Hall–Kier alpha value is -3.41. The van der Waals surface area contributed by atoms with Crippen LogP contribution in [0.1, 0.15) is 15.9 Å². The minimum absolute atomic E-state index is 0.338. The highest BCUT2D eigenvalue weighted by atomic mass is 16.4. The molecule has 1 N–H and O–H groups in total. The van der Waals surface area contributed by atoms with E-state index in [1.165, 1.54) is 4.40 Å². The maximum Gasteiger partial charge on any atom is 0.342 e. The SMILES string of the molecule is O=C(O)c1cnc2n(Cc3ccccc3)c3ccccc3n2c1=O. The summed E-state index contributed by atoms with van der Waals surface area (Å²) in [6.07, 6.45) is 1.13. The molecule has 0 saturated carbocycles. The van der Waals surface area contributed by atoms with E-state index >= 15 is 0 Å². The van der Waals surface area contributed by atoms with Gasteiger partial charge in [0.25, 0.3) is 5.56 Å². The number of rotatable bonds is 3. The molecule has 0 bridgehead atoms. The smallest absolute Gasteiger partial charge is 0.342 e. The molecule has 24 heavy (non-hydrogen) atoms. The van der Waals surface area contributed by atoms with Crippen LogP contribution in [0.15, 0.2) is 65.6 Å². The van der Waals surface area contributed by atoms with E-state index in [1.807, 2.05) is 53.1 Å². The number of carboxylic acid groups (broad SMARTS) is 1. The van der Waals surface area contributed by atoms with Crippen LogP contribution in [0, 0.1) is 0 Å². The first-order chi connectivity index (χ1) is 11.7. The molecule has 6 heteroatoms. The number of nitrogens with zero attached hydrogens (tertiary/aromatic N) is 3. The third-order valence-electron chi connectivity index (χ3n) is 4.01. The molecule has 0 atom stereocenters. The highest BCUT2D eigenvalue weighted by Gasteiger charge is 2.18. The molecule has 2 aromatic carbocycles. The van der Waals surface area contributed by atoms with Crippen molar-refractivity contribution < 1.29 is 9.90 Å². The van der Waals surface area contributed by atoms with Gasteiger partial charge in [0.1, 0.15) is 5.56 Å². The molecule has 0 amide bonds. The molecule has 118 valence electrons. The van der Waals surface area contributed by atoms with Gasteiger partial charge in [0.05, 0.1) is 23.8 Å².